The smallest absolute Gasteiger partial charge is 0.329 e. The number of carbonyl (C=O) groups is 2. The van der Waals surface area contributed by atoms with Gasteiger partial charge in [0, 0.05) is 6.04 Å². The molecule has 0 aromatic carbocycles. The minimum absolute atomic E-state index is 0.0438. The molecule has 1 atom stereocenters. The first kappa shape index (κ1) is 16.7. The van der Waals surface area contributed by atoms with Crippen molar-refractivity contribution in [1.82, 2.24) is 10.6 Å². The summed E-state index contributed by atoms with van der Waals surface area (Å²) >= 11 is 0. The topological polar surface area (TPSA) is 78.4 Å². The lowest BCUT2D eigenvalue weighted by Gasteiger charge is -2.32. The summed E-state index contributed by atoms with van der Waals surface area (Å²) in [4.78, 5) is 23.1. The molecule has 0 aliphatic heterocycles. The fraction of sp³-hybridized carbons (Fsp3) is 0.846. The highest BCUT2D eigenvalue weighted by molar-refractivity contribution is 5.86. The molecule has 1 unspecified atom stereocenters. The molecule has 0 rings (SSSR count). The Balaban J connectivity index is 4.69. The second kappa shape index (κ2) is 6.07. The Morgan fingerprint density at radius 2 is 1.61 bits per heavy atom. The van der Waals surface area contributed by atoms with Crippen LogP contribution < -0.4 is 10.6 Å². The molecule has 0 aliphatic rings. The van der Waals surface area contributed by atoms with Crippen molar-refractivity contribution in [3.05, 3.63) is 0 Å². The van der Waals surface area contributed by atoms with Crippen LogP contribution in [0.3, 0.4) is 0 Å². The van der Waals surface area contributed by atoms with E-state index < -0.39 is 17.5 Å². The molecule has 0 aliphatic carbocycles. The van der Waals surface area contributed by atoms with E-state index in [-0.39, 0.29) is 11.5 Å². The highest BCUT2D eigenvalue weighted by atomic mass is 16.4. The summed E-state index contributed by atoms with van der Waals surface area (Å²) in [6.45, 7) is 11.5. The predicted octanol–water partition coefficient (Wildman–Crippen LogP) is 2.36. The molecule has 0 heterocycles. The maximum Gasteiger partial charge on any atom is 0.329 e. The van der Waals surface area contributed by atoms with E-state index in [1.807, 2.05) is 27.7 Å². The molecule has 5 nitrogen and oxygen atoms in total. The molecular weight excluding hydrogens is 232 g/mol. The highest BCUT2D eigenvalue weighted by Gasteiger charge is 2.37. The first-order valence-corrected chi connectivity index (χ1v) is 6.41. The zero-order valence-electron chi connectivity index (χ0n) is 12.3. The maximum atomic E-state index is 11.9. The third-order valence-electron chi connectivity index (χ3n) is 3.62. The Kier molecular flexibility index (Phi) is 5.64. The number of hydrogen-bond donors (Lipinski definition) is 3. The lowest BCUT2D eigenvalue weighted by molar-refractivity contribution is -0.144. The van der Waals surface area contributed by atoms with Gasteiger partial charge in [0.25, 0.3) is 0 Å². The van der Waals surface area contributed by atoms with E-state index in [1.165, 1.54) is 0 Å². The Morgan fingerprint density at radius 1 is 1.17 bits per heavy atom. The van der Waals surface area contributed by atoms with Gasteiger partial charge in [0.15, 0.2) is 0 Å². The number of hydrogen-bond acceptors (Lipinski definition) is 2. The van der Waals surface area contributed by atoms with E-state index in [1.54, 1.807) is 13.8 Å². The summed E-state index contributed by atoms with van der Waals surface area (Å²) in [5, 5.41) is 14.6. The molecule has 0 saturated heterocycles. The third kappa shape index (κ3) is 4.20. The van der Waals surface area contributed by atoms with E-state index in [0.29, 0.717) is 12.8 Å². The van der Waals surface area contributed by atoms with Crippen LogP contribution in [0.2, 0.25) is 0 Å². The van der Waals surface area contributed by atoms with Gasteiger partial charge < -0.3 is 15.7 Å². The van der Waals surface area contributed by atoms with E-state index in [0.717, 1.165) is 0 Å². The fourth-order valence-corrected chi connectivity index (χ4v) is 1.45. The van der Waals surface area contributed by atoms with Crippen molar-refractivity contribution in [2.75, 3.05) is 0 Å². The van der Waals surface area contributed by atoms with Crippen molar-refractivity contribution < 1.29 is 14.7 Å². The van der Waals surface area contributed by atoms with E-state index in [9.17, 15) is 14.7 Å². The van der Waals surface area contributed by atoms with Crippen LogP contribution in [-0.2, 0) is 4.79 Å². The lowest BCUT2D eigenvalue weighted by Crippen LogP contribution is -2.58. The van der Waals surface area contributed by atoms with Gasteiger partial charge in [-0.15, -0.1) is 0 Å². The molecular formula is C13H26N2O3. The normalized spacial score (nSPS) is 13.9. The molecule has 18 heavy (non-hydrogen) atoms. The van der Waals surface area contributed by atoms with Crippen LogP contribution in [0.4, 0.5) is 4.79 Å². The van der Waals surface area contributed by atoms with Crippen molar-refractivity contribution in [2.24, 2.45) is 5.41 Å². The minimum Gasteiger partial charge on any atom is -0.480 e. The largest absolute Gasteiger partial charge is 0.480 e. The standard InChI is InChI=1S/C13H26N2O3/c1-7-13(8-2,10(16)17)15-11(18)14-9(3)12(4,5)6/h9H,7-8H2,1-6H3,(H,16,17)(H2,14,15,18). The molecule has 0 aromatic heterocycles. The monoisotopic (exact) mass is 258 g/mol. The van der Waals surface area contributed by atoms with Crippen molar-refractivity contribution in [1.29, 1.82) is 0 Å². The van der Waals surface area contributed by atoms with Gasteiger partial charge in [-0.3, -0.25) is 0 Å². The number of carboxylic acid groups (broad SMARTS) is 1. The summed E-state index contributed by atoms with van der Waals surface area (Å²) < 4.78 is 0. The number of aliphatic carboxylic acids is 1. The number of urea groups is 1. The third-order valence-corrected chi connectivity index (χ3v) is 3.62. The lowest BCUT2D eigenvalue weighted by atomic mass is 9.88. The molecule has 0 saturated carbocycles. The summed E-state index contributed by atoms with van der Waals surface area (Å²) in [6.07, 6.45) is 0.715. The molecule has 3 N–H and O–H groups in total. The molecule has 0 spiro atoms. The van der Waals surface area contributed by atoms with Crippen LogP contribution in [-0.4, -0.2) is 28.7 Å². The molecule has 0 bridgehead atoms. The van der Waals surface area contributed by atoms with Gasteiger partial charge in [-0.05, 0) is 25.2 Å². The summed E-state index contributed by atoms with van der Waals surface area (Å²) in [7, 11) is 0. The number of carbonyl (C=O) groups excluding carboxylic acids is 1. The van der Waals surface area contributed by atoms with Crippen LogP contribution in [0.1, 0.15) is 54.4 Å². The Morgan fingerprint density at radius 3 is 1.89 bits per heavy atom. The van der Waals surface area contributed by atoms with Gasteiger partial charge in [0.05, 0.1) is 0 Å². The van der Waals surface area contributed by atoms with E-state index in [2.05, 4.69) is 10.6 Å². The van der Waals surface area contributed by atoms with Crippen LogP contribution in [0.15, 0.2) is 0 Å². The van der Waals surface area contributed by atoms with Crippen LogP contribution >= 0.6 is 0 Å². The Labute approximate surface area is 109 Å². The van der Waals surface area contributed by atoms with Gasteiger partial charge in [-0.1, -0.05) is 34.6 Å². The first-order valence-electron chi connectivity index (χ1n) is 6.41. The molecule has 106 valence electrons. The van der Waals surface area contributed by atoms with Gasteiger partial charge in [-0.2, -0.15) is 0 Å². The van der Waals surface area contributed by atoms with Crippen LogP contribution in [0.5, 0.6) is 0 Å². The maximum absolute atomic E-state index is 11.9. The van der Waals surface area contributed by atoms with Crippen molar-refractivity contribution >= 4 is 12.0 Å². The Hall–Kier alpha value is -1.26. The predicted molar refractivity (Wildman–Crippen MR) is 71.5 cm³/mol. The summed E-state index contributed by atoms with van der Waals surface area (Å²) in [5.41, 5.74) is -1.25. The van der Waals surface area contributed by atoms with Crippen LogP contribution in [0, 0.1) is 5.41 Å². The molecule has 0 fully saturated rings. The molecule has 2 amide bonds. The van der Waals surface area contributed by atoms with Gasteiger partial charge in [0.2, 0.25) is 0 Å². The average molecular weight is 258 g/mol. The van der Waals surface area contributed by atoms with Gasteiger partial charge >= 0.3 is 12.0 Å². The van der Waals surface area contributed by atoms with Gasteiger partial charge in [0.1, 0.15) is 5.54 Å². The number of nitrogens with one attached hydrogen (secondary N) is 2. The highest BCUT2D eigenvalue weighted by Crippen LogP contribution is 2.19. The number of amides is 2. The SMILES string of the molecule is CCC(CC)(NC(=O)NC(C)C(C)(C)C)C(=O)O. The van der Waals surface area contributed by atoms with Crippen molar-refractivity contribution in [2.45, 2.75) is 66.0 Å². The van der Waals surface area contributed by atoms with Crippen molar-refractivity contribution in [3.8, 4) is 0 Å². The minimum atomic E-state index is -1.18. The van der Waals surface area contributed by atoms with E-state index >= 15 is 0 Å². The zero-order valence-corrected chi connectivity index (χ0v) is 12.3. The molecule has 5 heteroatoms. The second-order valence-corrected chi connectivity index (χ2v) is 5.78. The molecule has 0 aromatic rings. The second-order valence-electron chi connectivity index (χ2n) is 5.78. The number of carboxylic acids is 1. The van der Waals surface area contributed by atoms with E-state index in [4.69, 9.17) is 0 Å². The average Bonchev–Trinajstić information content (AvgIpc) is 2.24. The zero-order chi connectivity index (χ0) is 14.6. The summed E-state index contributed by atoms with van der Waals surface area (Å²) in [5.74, 6) is -0.994. The molecule has 0 radical (unpaired) electrons. The van der Waals surface area contributed by atoms with Crippen LogP contribution in [0.25, 0.3) is 0 Å². The fourth-order valence-electron chi connectivity index (χ4n) is 1.45. The summed E-state index contributed by atoms with van der Waals surface area (Å²) in [6, 6.07) is -0.471. The van der Waals surface area contributed by atoms with Gasteiger partial charge in [-0.25, -0.2) is 9.59 Å². The first-order chi connectivity index (χ1) is 8.09. The van der Waals surface area contributed by atoms with Crippen molar-refractivity contribution in [3.63, 3.8) is 0 Å². The number of rotatable bonds is 5. The Bertz CT molecular complexity index is 304. The quantitative estimate of drug-likeness (QED) is 0.708.